The van der Waals surface area contributed by atoms with Crippen molar-refractivity contribution in [2.45, 2.75) is 44.3 Å². The predicted molar refractivity (Wildman–Crippen MR) is 235 cm³/mol. The second-order valence-corrected chi connectivity index (χ2v) is 15.0. The largest absolute Gasteiger partial charge is 0.494 e. The summed E-state index contributed by atoms with van der Waals surface area (Å²) in [4.78, 5) is 72.3. The number of amides is 2. The fourth-order valence-corrected chi connectivity index (χ4v) is 7.88. The summed E-state index contributed by atoms with van der Waals surface area (Å²) >= 11 is 0. The molecule has 0 saturated carbocycles. The van der Waals surface area contributed by atoms with Gasteiger partial charge in [0.1, 0.15) is 24.0 Å². The van der Waals surface area contributed by atoms with E-state index >= 15 is 0 Å². The number of piperidine rings is 1. The van der Waals surface area contributed by atoms with Gasteiger partial charge in [-0.25, -0.2) is 29.1 Å². The van der Waals surface area contributed by atoms with E-state index in [0.29, 0.717) is 51.9 Å². The lowest BCUT2D eigenvalue weighted by molar-refractivity contribution is -0.124. The molecule has 7 rings (SSSR count). The van der Waals surface area contributed by atoms with E-state index in [-0.39, 0.29) is 42.2 Å². The minimum absolute atomic E-state index is 0.165. The number of ether oxygens (including phenoxy) is 1. The number of benzene rings is 2. The number of nitrogens with zero attached hydrogens (tertiary/aromatic N) is 8. The Labute approximate surface area is 357 Å². The van der Waals surface area contributed by atoms with Crippen LogP contribution in [0.4, 0.5) is 33.1 Å². The second-order valence-electron chi connectivity index (χ2n) is 15.0. The number of hydrogen-bond acceptors (Lipinski definition) is 13. The Morgan fingerprint density at radius 1 is 0.952 bits per heavy atom. The first kappa shape index (κ1) is 42.9. The number of para-hydroxylation sites is 1. The van der Waals surface area contributed by atoms with Gasteiger partial charge in [0.2, 0.25) is 5.91 Å². The Morgan fingerprint density at radius 2 is 1.74 bits per heavy atom. The Morgan fingerprint density at radius 3 is 2.45 bits per heavy atom. The Bertz CT molecular complexity index is 2630. The summed E-state index contributed by atoms with van der Waals surface area (Å²) in [6.07, 6.45) is 8.63. The standard InChI is InChI=1S/C44H49FN12O5/c1-46-42(59)32-24-49-39(20-34(32)52-33-11-6-10-31(40(33)62-5)41-50-22-28(45)23-51-41)53-38-16-13-27(21-48-38)25-54(3)30-9-7-17-56(26-30)29-14-15-35-37(19-29)55(4)44(61)57(35)36(12-8-18-58)43(60)47-2/h6,10-11,13-16,18-24,30,36H,7-9,12,17,25-26H2,1-5H3,(H,46,59)(H,47,60)(H2,48,49,52,53). The minimum Gasteiger partial charge on any atom is -0.494 e. The molecule has 0 aliphatic carbocycles. The maximum Gasteiger partial charge on any atom is 0.329 e. The number of rotatable bonds is 16. The molecule has 1 aliphatic rings. The lowest BCUT2D eigenvalue weighted by atomic mass is 10.0. The van der Waals surface area contributed by atoms with E-state index in [4.69, 9.17) is 4.74 Å². The number of imidazole rings is 1. The molecule has 2 amide bonds. The Balaban J connectivity index is 1.03. The van der Waals surface area contributed by atoms with Gasteiger partial charge in [0.05, 0.1) is 53.0 Å². The van der Waals surface area contributed by atoms with Crippen molar-refractivity contribution in [1.29, 1.82) is 0 Å². The number of hydrogen-bond donors (Lipinski definition) is 4. The van der Waals surface area contributed by atoms with E-state index in [1.54, 1.807) is 35.9 Å². The maximum atomic E-state index is 13.6. The van der Waals surface area contributed by atoms with Gasteiger partial charge in [-0.15, -0.1) is 0 Å². The summed E-state index contributed by atoms with van der Waals surface area (Å²) in [5, 5.41) is 11.8. The highest BCUT2D eigenvalue weighted by Gasteiger charge is 2.28. The number of likely N-dealkylation sites (N-methyl/N-ethyl adjacent to an activating group) is 2. The van der Waals surface area contributed by atoms with E-state index in [1.165, 1.54) is 32.0 Å². The number of aldehydes is 1. The summed E-state index contributed by atoms with van der Waals surface area (Å²) < 4.78 is 22.3. The summed E-state index contributed by atoms with van der Waals surface area (Å²) in [6, 6.07) is 16.3. The molecular weight excluding hydrogens is 796 g/mol. The third-order valence-electron chi connectivity index (χ3n) is 11.1. The number of fused-ring (bicyclic) bond motifs is 1. The molecule has 62 heavy (non-hydrogen) atoms. The number of aryl methyl sites for hydroxylation is 1. The smallest absolute Gasteiger partial charge is 0.329 e. The molecule has 0 bridgehead atoms. The van der Waals surface area contributed by atoms with E-state index < -0.39 is 11.9 Å². The summed E-state index contributed by atoms with van der Waals surface area (Å²) in [6.45, 7) is 2.32. The van der Waals surface area contributed by atoms with Crippen molar-refractivity contribution in [2.75, 3.05) is 56.9 Å². The van der Waals surface area contributed by atoms with E-state index in [1.807, 2.05) is 36.5 Å². The van der Waals surface area contributed by atoms with Crippen LogP contribution in [0.5, 0.6) is 5.75 Å². The number of nitrogens with one attached hydrogen (secondary N) is 4. The Hall–Kier alpha value is -7.21. The molecule has 5 heterocycles. The van der Waals surface area contributed by atoms with Crippen LogP contribution in [0.15, 0.2) is 84.2 Å². The van der Waals surface area contributed by atoms with Gasteiger partial charge in [-0.1, -0.05) is 12.1 Å². The first-order chi connectivity index (χ1) is 30.0. The van der Waals surface area contributed by atoms with Gasteiger partial charge >= 0.3 is 5.69 Å². The van der Waals surface area contributed by atoms with Crippen LogP contribution in [0.3, 0.4) is 0 Å². The molecule has 4 aromatic heterocycles. The maximum absolute atomic E-state index is 13.6. The van der Waals surface area contributed by atoms with Crippen LogP contribution in [-0.2, 0) is 23.2 Å². The van der Waals surface area contributed by atoms with E-state index in [2.05, 4.69) is 58.1 Å². The lowest BCUT2D eigenvalue weighted by Crippen LogP contribution is -2.46. The van der Waals surface area contributed by atoms with Gasteiger partial charge in [0.15, 0.2) is 17.4 Å². The van der Waals surface area contributed by atoms with Gasteiger partial charge in [0, 0.05) is 77.4 Å². The summed E-state index contributed by atoms with van der Waals surface area (Å²) in [5.74, 6) is 0.456. The van der Waals surface area contributed by atoms with Crippen molar-refractivity contribution in [1.82, 2.24) is 44.6 Å². The molecule has 1 fully saturated rings. The van der Waals surface area contributed by atoms with Crippen LogP contribution in [-0.4, -0.2) is 99.5 Å². The molecule has 2 atom stereocenters. The zero-order valence-electron chi connectivity index (χ0n) is 35.2. The van der Waals surface area contributed by atoms with Crippen molar-refractivity contribution in [3.05, 3.63) is 107 Å². The van der Waals surface area contributed by atoms with Gasteiger partial charge in [-0.2, -0.15) is 0 Å². The van der Waals surface area contributed by atoms with E-state index in [9.17, 15) is 23.6 Å². The zero-order valence-corrected chi connectivity index (χ0v) is 35.2. The third kappa shape index (κ3) is 9.09. The van der Waals surface area contributed by atoms with Gasteiger partial charge in [-0.05, 0) is 68.3 Å². The second kappa shape index (κ2) is 19.0. The number of halogens is 1. The number of carbonyl (C=O) groups is 3. The molecule has 0 spiro atoms. The number of methoxy groups -OCH3 is 1. The zero-order chi connectivity index (χ0) is 43.9. The fourth-order valence-electron chi connectivity index (χ4n) is 7.88. The molecule has 18 heteroatoms. The van der Waals surface area contributed by atoms with Crippen molar-refractivity contribution in [3.8, 4) is 17.1 Å². The first-order valence-corrected chi connectivity index (χ1v) is 20.2. The van der Waals surface area contributed by atoms with Crippen molar-refractivity contribution in [2.24, 2.45) is 7.05 Å². The van der Waals surface area contributed by atoms with Crippen molar-refractivity contribution >= 4 is 57.8 Å². The van der Waals surface area contributed by atoms with Gasteiger partial charge < -0.3 is 35.7 Å². The molecule has 2 unspecified atom stereocenters. The van der Waals surface area contributed by atoms with Gasteiger partial charge in [0.25, 0.3) is 5.91 Å². The van der Waals surface area contributed by atoms with Crippen LogP contribution in [0, 0.1) is 5.82 Å². The van der Waals surface area contributed by atoms with Crippen LogP contribution < -0.4 is 36.6 Å². The predicted octanol–water partition coefficient (Wildman–Crippen LogP) is 4.95. The lowest BCUT2D eigenvalue weighted by Gasteiger charge is -2.39. The fraction of sp³-hybridized carbons (Fsp3) is 0.318. The molecule has 322 valence electrons. The average molecular weight is 845 g/mol. The van der Waals surface area contributed by atoms with E-state index in [0.717, 1.165) is 61.4 Å². The summed E-state index contributed by atoms with van der Waals surface area (Å²) in [5.41, 5.74) is 4.87. The molecular formula is C44H49FN12O5. The van der Waals surface area contributed by atoms with Crippen LogP contribution in [0.25, 0.3) is 22.4 Å². The number of carbonyl (C=O) groups excluding carboxylic acids is 3. The molecule has 0 radical (unpaired) electrons. The first-order valence-electron chi connectivity index (χ1n) is 20.2. The highest BCUT2D eigenvalue weighted by molar-refractivity contribution is 6.00. The quantitative estimate of drug-likeness (QED) is 0.0958. The number of anilines is 5. The monoisotopic (exact) mass is 844 g/mol. The highest BCUT2D eigenvalue weighted by Crippen LogP contribution is 2.37. The number of pyridine rings is 2. The number of aromatic nitrogens is 6. The van der Waals surface area contributed by atoms with Crippen molar-refractivity contribution < 1.29 is 23.5 Å². The molecule has 1 aliphatic heterocycles. The topological polar surface area (TPSA) is 194 Å². The van der Waals surface area contributed by atoms with Crippen LogP contribution in [0.1, 0.15) is 47.6 Å². The average Bonchev–Trinajstić information content (AvgIpc) is 3.54. The normalized spacial score (nSPS) is 14.4. The third-order valence-corrected chi connectivity index (χ3v) is 11.1. The molecule has 4 N–H and O–H groups in total. The highest BCUT2D eigenvalue weighted by atomic mass is 19.1. The minimum atomic E-state index is -0.791. The van der Waals surface area contributed by atoms with Gasteiger partial charge in [-0.3, -0.25) is 23.6 Å². The van der Waals surface area contributed by atoms with Crippen molar-refractivity contribution in [3.63, 3.8) is 0 Å². The SMILES string of the molecule is CNC(=O)c1cnc(Nc2ccc(CN(C)C3CCCN(c4ccc5c(c4)n(C)c(=O)n5C(CCC=O)C(=O)NC)C3)cn2)cc1Nc1cccc(-c2ncc(F)cn2)c1OC. The van der Waals surface area contributed by atoms with Crippen LogP contribution >= 0.6 is 0 Å². The molecule has 1 saturated heterocycles. The molecule has 17 nitrogen and oxygen atoms in total. The summed E-state index contributed by atoms with van der Waals surface area (Å²) in [7, 11) is 8.38. The Kier molecular flexibility index (Phi) is 13.2. The molecule has 2 aromatic carbocycles. The molecule has 6 aromatic rings. The van der Waals surface area contributed by atoms with Crippen LogP contribution in [0.2, 0.25) is 0 Å².